The zero-order valence-corrected chi connectivity index (χ0v) is 15.9. The first-order valence-corrected chi connectivity index (χ1v) is 10.2. The summed E-state index contributed by atoms with van der Waals surface area (Å²) in [6.45, 7) is 4.49. The lowest BCUT2D eigenvalue weighted by Gasteiger charge is -2.28. The maximum absolute atomic E-state index is 4.59. The zero-order chi connectivity index (χ0) is 17.5. The van der Waals surface area contributed by atoms with E-state index in [2.05, 4.69) is 48.1 Å². The lowest BCUT2D eigenvalue weighted by molar-refractivity contribution is 0.252. The van der Waals surface area contributed by atoms with Gasteiger partial charge in [-0.1, -0.05) is 76.6 Å². The molecule has 3 rings (SSSR count). The van der Waals surface area contributed by atoms with Crippen LogP contribution >= 0.6 is 0 Å². The molecule has 0 amide bonds. The van der Waals surface area contributed by atoms with E-state index >= 15 is 0 Å². The Balaban J connectivity index is 1.49. The van der Waals surface area contributed by atoms with Gasteiger partial charge < -0.3 is 0 Å². The number of aryl methyl sites for hydroxylation is 2. The van der Waals surface area contributed by atoms with Gasteiger partial charge in [-0.05, 0) is 42.2 Å². The Hall–Kier alpha value is -1.70. The second-order valence-electron chi connectivity index (χ2n) is 7.68. The van der Waals surface area contributed by atoms with E-state index in [9.17, 15) is 0 Å². The number of hydrogen-bond donors (Lipinski definition) is 0. The van der Waals surface area contributed by atoms with Crippen molar-refractivity contribution in [3.63, 3.8) is 0 Å². The number of rotatable bonds is 7. The van der Waals surface area contributed by atoms with Crippen LogP contribution in [0.1, 0.15) is 69.9 Å². The van der Waals surface area contributed by atoms with Gasteiger partial charge in [0.25, 0.3) is 0 Å². The van der Waals surface area contributed by atoms with Crippen LogP contribution in [-0.2, 0) is 12.8 Å². The Labute approximate surface area is 153 Å². The molecule has 1 aliphatic carbocycles. The molecule has 0 saturated heterocycles. The lowest BCUT2D eigenvalue weighted by atomic mass is 9.78. The van der Waals surface area contributed by atoms with E-state index in [-0.39, 0.29) is 0 Å². The van der Waals surface area contributed by atoms with Crippen LogP contribution < -0.4 is 0 Å². The monoisotopic (exact) mass is 336 g/mol. The second-order valence-corrected chi connectivity index (χ2v) is 7.68. The van der Waals surface area contributed by atoms with Gasteiger partial charge in [0.15, 0.2) is 5.82 Å². The van der Waals surface area contributed by atoms with Crippen LogP contribution in [0.25, 0.3) is 11.4 Å². The predicted molar refractivity (Wildman–Crippen MR) is 106 cm³/mol. The second kappa shape index (κ2) is 9.12. The minimum absolute atomic E-state index is 0.839. The topological polar surface area (TPSA) is 25.8 Å². The van der Waals surface area contributed by atoms with Gasteiger partial charge in [-0.2, -0.15) is 0 Å². The molecular weight excluding hydrogens is 304 g/mol. The number of hydrogen-bond acceptors (Lipinski definition) is 2. The van der Waals surface area contributed by atoms with Crippen LogP contribution in [0, 0.1) is 11.8 Å². The smallest absolute Gasteiger partial charge is 0.159 e. The van der Waals surface area contributed by atoms with E-state index in [4.69, 9.17) is 0 Å². The standard InChI is InChI=1S/C23H32N2/c1-3-5-19-6-8-20(9-7-19)10-11-21-16-24-23(25-17-21)22-14-12-18(4-2)13-15-22/h12-17,19-20H,3-11H2,1-2H3/t19-,20-. The van der Waals surface area contributed by atoms with Gasteiger partial charge in [-0.3, -0.25) is 0 Å². The molecule has 2 heteroatoms. The van der Waals surface area contributed by atoms with Crippen molar-refractivity contribution in [1.82, 2.24) is 9.97 Å². The van der Waals surface area contributed by atoms with Gasteiger partial charge in [0.05, 0.1) is 0 Å². The normalized spacial score (nSPS) is 20.6. The summed E-state index contributed by atoms with van der Waals surface area (Å²) in [6, 6.07) is 8.59. The molecule has 1 aromatic heterocycles. The summed E-state index contributed by atoms with van der Waals surface area (Å²) in [7, 11) is 0. The van der Waals surface area contributed by atoms with E-state index in [1.165, 1.54) is 56.1 Å². The number of aromatic nitrogens is 2. The van der Waals surface area contributed by atoms with Gasteiger partial charge >= 0.3 is 0 Å². The number of benzene rings is 1. The first-order valence-electron chi connectivity index (χ1n) is 10.2. The molecule has 1 fully saturated rings. The van der Waals surface area contributed by atoms with Crippen molar-refractivity contribution in [1.29, 1.82) is 0 Å². The summed E-state index contributed by atoms with van der Waals surface area (Å²) >= 11 is 0. The maximum Gasteiger partial charge on any atom is 0.159 e. The van der Waals surface area contributed by atoms with E-state index < -0.39 is 0 Å². The van der Waals surface area contributed by atoms with Crippen molar-refractivity contribution in [3.05, 3.63) is 47.8 Å². The zero-order valence-electron chi connectivity index (χ0n) is 15.9. The summed E-state index contributed by atoms with van der Waals surface area (Å²) in [6.07, 6.45) is 16.1. The molecule has 1 saturated carbocycles. The van der Waals surface area contributed by atoms with Gasteiger partial charge in [-0.15, -0.1) is 0 Å². The van der Waals surface area contributed by atoms with Gasteiger partial charge in [0.1, 0.15) is 0 Å². The quantitative estimate of drug-likeness (QED) is 0.597. The molecule has 2 aromatic rings. The maximum atomic E-state index is 4.59. The van der Waals surface area contributed by atoms with E-state index in [1.54, 1.807) is 0 Å². The van der Waals surface area contributed by atoms with Crippen molar-refractivity contribution in [2.75, 3.05) is 0 Å². The van der Waals surface area contributed by atoms with Crippen LogP contribution in [0.15, 0.2) is 36.7 Å². The van der Waals surface area contributed by atoms with Crippen LogP contribution in [0.5, 0.6) is 0 Å². The Morgan fingerprint density at radius 2 is 1.40 bits per heavy atom. The van der Waals surface area contributed by atoms with E-state index in [1.807, 2.05) is 12.4 Å². The van der Waals surface area contributed by atoms with E-state index in [0.29, 0.717) is 0 Å². The molecular formula is C23H32N2. The van der Waals surface area contributed by atoms with Gasteiger partial charge in [0.2, 0.25) is 0 Å². The molecule has 0 spiro atoms. The third kappa shape index (κ3) is 5.14. The molecule has 0 unspecified atom stereocenters. The third-order valence-corrected chi connectivity index (χ3v) is 5.83. The summed E-state index contributed by atoms with van der Waals surface area (Å²) in [5.74, 6) is 2.75. The molecule has 0 aliphatic heterocycles. The van der Waals surface area contributed by atoms with Gasteiger partial charge in [-0.25, -0.2) is 9.97 Å². The van der Waals surface area contributed by atoms with E-state index in [0.717, 1.165) is 36.1 Å². The molecule has 0 bridgehead atoms. The van der Waals surface area contributed by atoms with Gasteiger partial charge in [0, 0.05) is 18.0 Å². The molecule has 1 heterocycles. The Morgan fingerprint density at radius 1 is 0.800 bits per heavy atom. The van der Waals surface area contributed by atoms with Crippen LogP contribution in [0.4, 0.5) is 0 Å². The predicted octanol–water partition coefficient (Wildman–Crippen LogP) is 6.25. The molecule has 0 N–H and O–H groups in total. The van der Waals surface area contributed by atoms with Crippen molar-refractivity contribution in [2.45, 2.75) is 71.6 Å². The first kappa shape index (κ1) is 18.1. The largest absolute Gasteiger partial charge is 0.236 e. The Kier molecular flexibility index (Phi) is 6.61. The fourth-order valence-corrected chi connectivity index (χ4v) is 4.11. The average molecular weight is 337 g/mol. The molecule has 25 heavy (non-hydrogen) atoms. The third-order valence-electron chi connectivity index (χ3n) is 5.83. The first-order chi connectivity index (χ1) is 12.3. The summed E-state index contributed by atoms with van der Waals surface area (Å²) in [5, 5.41) is 0. The molecule has 1 aliphatic rings. The highest BCUT2D eigenvalue weighted by Crippen LogP contribution is 2.33. The SMILES string of the molecule is CCC[C@H]1CC[C@H](CCc2cnc(-c3ccc(CC)cc3)nc2)CC1. The van der Waals surface area contributed by atoms with Crippen LogP contribution in [0.2, 0.25) is 0 Å². The van der Waals surface area contributed by atoms with Crippen LogP contribution in [0.3, 0.4) is 0 Å². The van der Waals surface area contributed by atoms with Crippen molar-refractivity contribution in [2.24, 2.45) is 11.8 Å². The average Bonchev–Trinajstić information content (AvgIpc) is 2.68. The summed E-state index contributed by atoms with van der Waals surface area (Å²) in [5.41, 5.74) is 3.75. The molecule has 1 aromatic carbocycles. The molecule has 0 radical (unpaired) electrons. The van der Waals surface area contributed by atoms with Crippen molar-refractivity contribution < 1.29 is 0 Å². The fraction of sp³-hybridized carbons (Fsp3) is 0.565. The summed E-state index contributed by atoms with van der Waals surface area (Å²) < 4.78 is 0. The lowest BCUT2D eigenvalue weighted by Crippen LogP contribution is -2.15. The molecule has 0 atom stereocenters. The fourth-order valence-electron chi connectivity index (χ4n) is 4.11. The minimum atomic E-state index is 0.839. The summed E-state index contributed by atoms with van der Waals surface area (Å²) in [4.78, 5) is 9.19. The minimum Gasteiger partial charge on any atom is -0.236 e. The highest BCUT2D eigenvalue weighted by molar-refractivity contribution is 5.55. The molecule has 134 valence electrons. The molecule has 2 nitrogen and oxygen atoms in total. The van der Waals surface area contributed by atoms with Crippen LogP contribution in [-0.4, -0.2) is 9.97 Å². The van der Waals surface area contributed by atoms with Crippen molar-refractivity contribution in [3.8, 4) is 11.4 Å². The Bertz CT molecular complexity index is 622. The Morgan fingerprint density at radius 3 is 1.96 bits per heavy atom. The highest BCUT2D eigenvalue weighted by atomic mass is 14.9. The van der Waals surface area contributed by atoms with Crippen molar-refractivity contribution >= 4 is 0 Å². The highest BCUT2D eigenvalue weighted by Gasteiger charge is 2.20. The number of nitrogens with zero attached hydrogens (tertiary/aromatic N) is 2.